The molecule has 2 atom stereocenters. The second-order valence-electron chi connectivity index (χ2n) is 11.7. The molecule has 1 heterocycles. The molecule has 5 aromatic rings. The van der Waals surface area contributed by atoms with Crippen molar-refractivity contribution < 1.29 is 14.3 Å². The van der Waals surface area contributed by atoms with Gasteiger partial charge < -0.3 is 31.8 Å². The van der Waals surface area contributed by atoms with E-state index in [-0.39, 0.29) is 17.9 Å². The van der Waals surface area contributed by atoms with Crippen LogP contribution in [-0.4, -0.2) is 40.5 Å². The lowest BCUT2D eigenvalue weighted by molar-refractivity contribution is -0.121. The predicted molar refractivity (Wildman–Crippen MR) is 191 cm³/mol. The Bertz CT molecular complexity index is 1830. The Morgan fingerprint density at radius 3 is 2.27 bits per heavy atom. The van der Waals surface area contributed by atoms with Crippen molar-refractivity contribution in [1.29, 1.82) is 0 Å². The van der Waals surface area contributed by atoms with Crippen LogP contribution < -0.4 is 27.3 Å². The van der Waals surface area contributed by atoms with Gasteiger partial charge in [0.15, 0.2) is 5.96 Å². The number of carbonyl (C=O) groups excluding carboxylic acids is 2. The van der Waals surface area contributed by atoms with Crippen molar-refractivity contribution in [2.45, 2.75) is 51.1 Å². The zero-order valence-corrected chi connectivity index (χ0v) is 27.2. The predicted octanol–water partition coefficient (Wildman–Crippen LogP) is 5.68. The summed E-state index contributed by atoms with van der Waals surface area (Å²) in [5.41, 5.74) is 21.6. The number of amides is 2. The first-order chi connectivity index (χ1) is 23.3. The summed E-state index contributed by atoms with van der Waals surface area (Å²) in [6.45, 7) is 3.10. The number of rotatable bonds is 16. The number of ether oxygens (including phenoxy) is 1. The van der Waals surface area contributed by atoms with Crippen LogP contribution in [0.1, 0.15) is 66.2 Å². The maximum atomic E-state index is 13.8. The molecule has 4 aromatic carbocycles. The van der Waals surface area contributed by atoms with E-state index in [0.717, 1.165) is 35.3 Å². The van der Waals surface area contributed by atoms with Crippen molar-refractivity contribution in [3.05, 3.63) is 120 Å². The van der Waals surface area contributed by atoms with Gasteiger partial charge in [0.05, 0.1) is 23.7 Å². The minimum absolute atomic E-state index is 0.00952. The van der Waals surface area contributed by atoms with Gasteiger partial charge >= 0.3 is 0 Å². The molecular formula is C38H43N7O3. The van der Waals surface area contributed by atoms with Gasteiger partial charge in [-0.25, -0.2) is 4.98 Å². The zero-order valence-electron chi connectivity index (χ0n) is 27.2. The molecule has 0 spiro atoms. The fourth-order valence-electron chi connectivity index (χ4n) is 5.71. The Hall–Kier alpha value is -5.64. The first-order valence-corrected chi connectivity index (χ1v) is 16.3. The van der Waals surface area contributed by atoms with Crippen LogP contribution in [-0.2, 0) is 11.2 Å². The number of hydrogen-bond acceptors (Lipinski definition) is 5. The van der Waals surface area contributed by atoms with E-state index >= 15 is 0 Å². The lowest BCUT2D eigenvalue weighted by Crippen LogP contribution is -2.30. The van der Waals surface area contributed by atoms with E-state index in [1.54, 1.807) is 12.1 Å². The summed E-state index contributed by atoms with van der Waals surface area (Å²) in [5.74, 6) is 0.563. The SMILES string of the molecule is CCCCOc1ccc(-c2nc3cc(C(=O)NC(Cc4ccccc4)c4ccccc4)ccc3n2C(CCCN=C(N)N)C(N)=O)cc1. The highest BCUT2D eigenvalue weighted by atomic mass is 16.5. The van der Waals surface area contributed by atoms with Crippen LogP contribution in [0.3, 0.4) is 0 Å². The number of aliphatic imine (C=N–C) groups is 1. The second-order valence-corrected chi connectivity index (χ2v) is 11.7. The Morgan fingerprint density at radius 1 is 0.896 bits per heavy atom. The number of nitrogens with zero attached hydrogens (tertiary/aromatic N) is 3. The first-order valence-electron chi connectivity index (χ1n) is 16.3. The third kappa shape index (κ3) is 8.58. The number of primary amides is 1. The standard InChI is InChI=1S/C38H43N7O3/c1-2-3-23-48-30-19-16-28(17-20-30)36-43-32-25-29(18-21-33(32)45(36)34(35(39)46)15-10-22-42-38(40)41)37(47)44-31(27-13-8-5-9-14-27)24-26-11-6-4-7-12-26/h4-9,11-14,16-21,25,31,34H,2-3,10,15,22-24H2,1H3,(H2,39,46)(H,44,47)(H4,40,41,42). The second kappa shape index (κ2) is 16.3. The van der Waals surface area contributed by atoms with Gasteiger partial charge in [0, 0.05) is 17.7 Å². The number of fused-ring (bicyclic) bond motifs is 1. The normalized spacial score (nSPS) is 12.3. The maximum Gasteiger partial charge on any atom is 0.251 e. The molecule has 0 bridgehead atoms. The molecule has 248 valence electrons. The van der Waals surface area contributed by atoms with Gasteiger partial charge in [-0.3, -0.25) is 14.6 Å². The largest absolute Gasteiger partial charge is 0.494 e. The minimum atomic E-state index is -0.729. The summed E-state index contributed by atoms with van der Waals surface area (Å²) in [6, 6.07) is 32.0. The van der Waals surface area contributed by atoms with Crippen molar-refractivity contribution in [3.63, 3.8) is 0 Å². The van der Waals surface area contributed by atoms with E-state index in [2.05, 4.69) is 29.4 Å². The lowest BCUT2D eigenvalue weighted by Gasteiger charge is -2.20. The molecule has 1 aromatic heterocycles. The molecule has 48 heavy (non-hydrogen) atoms. The van der Waals surface area contributed by atoms with Crippen LogP contribution in [0.15, 0.2) is 108 Å². The summed E-state index contributed by atoms with van der Waals surface area (Å²) in [6.07, 6.45) is 3.56. The summed E-state index contributed by atoms with van der Waals surface area (Å²) in [7, 11) is 0. The van der Waals surface area contributed by atoms with Crippen LogP contribution in [0, 0.1) is 0 Å². The third-order valence-corrected chi connectivity index (χ3v) is 8.19. The van der Waals surface area contributed by atoms with Gasteiger partial charge in [0.1, 0.15) is 17.6 Å². The van der Waals surface area contributed by atoms with E-state index in [1.807, 2.05) is 83.4 Å². The number of guanidine groups is 1. The highest BCUT2D eigenvalue weighted by Gasteiger charge is 2.25. The third-order valence-electron chi connectivity index (χ3n) is 8.19. The molecule has 0 fully saturated rings. The molecule has 0 aliphatic carbocycles. The van der Waals surface area contributed by atoms with E-state index in [4.69, 9.17) is 26.9 Å². The van der Waals surface area contributed by atoms with Gasteiger partial charge in [0.2, 0.25) is 5.91 Å². The molecule has 10 nitrogen and oxygen atoms in total. The van der Waals surface area contributed by atoms with Gasteiger partial charge in [-0.15, -0.1) is 0 Å². The zero-order chi connectivity index (χ0) is 33.9. The number of hydrogen-bond donors (Lipinski definition) is 4. The first kappa shape index (κ1) is 33.7. The van der Waals surface area contributed by atoms with E-state index in [0.29, 0.717) is 54.8 Å². The molecule has 0 saturated carbocycles. The molecule has 5 rings (SSSR count). The van der Waals surface area contributed by atoms with Crippen LogP contribution in [0.2, 0.25) is 0 Å². The Kier molecular flexibility index (Phi) is 11.4. The molecule has 0 aliphatic heterocycles. The monoisotopic (exact) mass is 645 g/mol. The van der Waals surface area contributed by atoms with Crippen molar-refractivity contribution in [1.82, 2.24) is 14.9 Å². The van der Waals surface area contributed by atoms with Crippen LogP contribution in [0.25, 0.3) is 22.4 Å². The highest BCUT2D eigenvalue weighted by Crippen LogP contribution is 2.32. The quantitative estimate of drug-likeness (QED) is 0.0613. The fraction of sp³-hybridized carbons (Fsp3) is 0.263. The van der Waals surface area contributed by atoms with Gasteiger partial charge in [-0.1, -0.05) is 74.0 Å². The molecule has 7 N–H and O–H groups in total. The van der Waals surface area contributed by atoms with Crippen molar-refractivity contribution in [2.75, 3.05) is 13.2 Å². The van der Waals surface area contributed by atoms with Crippen LogP contribution >= 0.6 is 0 Å². The van der Waals surface area contributed by atoms with Gasteiger partial charge in [0.25, 0.3) is 5.91 Å². The van der Waals surface area contributed by atoms with E-state index < -0.39 is 11.9 Å². The number of aromatic nitrogens is 2. The van der Waals surface area contributed by atoms with E-state index in [1.165, 1.54) is 0 Å². The number of nitrogens with two attached hydrogens (primary N) is 3. The Morgan fingerprint density at radius 2 is 1.60 bits per heavy atom. The average molecular weight is 646 g/mol. The Balaban J connectivity index is 1.49. The molecule has 0 radical (unpaired) electrons. The minimum Gasteiger partial charge on any atom is -0.494 e. The summed E-state index contributed by atoms with van der Waals surface area (Å²) >= 11 is 0. The Labute approximate surface area is 281 Å². The highest BCUT2D eigenvalue weighted by molar-refractivity contribution is 5.98. The molecule has 10 heteroatoms. The van der Waals surface area contributed by atoms with Gasteiger partial charge in [-0.05, 0) is 79.3 Å². The number of unbranched alkanes of at least 4 members (excludes halogenated alkanes) is 1. The molecule has 0 aliphatic rings. The average Bonchev–Trinajstić information content (AvgIpc) is 3.47. The molecule has 2 unspecified atom stereocenters. The van der Waals surface area contributed by atoms with Crippen molar-refractivity contribution in [2.24, 2.45) is 22.2 Å². The maximum absolute atomic E-state index is 13.8. The number of benzene rings is 4. The summed E-state index contributed by atoms with van der Waals surface area (Å²) < 4.78 is 7.71. The van der Waals surface area contributed by atoms with E-state index in [9.17, 15) is 9.59 Å². The van der Waals surface area contributed by atoms with Crippen molar-refractivity contribution >= 4 is 28.8 Å². The van der Waals surface area contributed by atoms with Crippen LogP contribution in [0.5, 0.6) is 5.75 Å². The molecular weight excluding hydrogens is 602 g/mol. The summed E-state index contributed by atoms with van der Waals surface area (Å²) in [5, 5.41) is 3.23. The van der Waals surface area contributed by atoms with Gasteiger partial charge in [-0.2, -0.15) is 0 Å². The smallest absolute Gasteiger partial charge is 0.251 e. The fourth-order valence-corrected chi connectivity index (χ4v) is 5.71. The topological polar surface area (TPSA) is 164 Å². The van der Waals surface area contributed by atoms with Crippen molar-refractivity contribution in [3.8, 4) is 17.1 Å². The van der Waals surface area contributed by atoms with Crippen LogP contribution in [0.4, 0.5) is 0 Å². The molecule has 0 saturated heterocycles. The lowest BCUT2D eigenvalue weighted by atomic mass is 9.98. The molecule has 2 amide bonds. The summed E-state index contributed by atoms with van der Waals surface area (Å²) in [4.78, 5) is 35.7. The number of nitrogens with one attached hydrogen (secondary N) is 1. The number of carbonyl (C=O) groups is 2. The number of imidazole rings is 1.